The van der Waals surface area contributed by atoms with E-state index in [9.17, 15) is 5.11 Å². The molecule has 2 aliphatic rings. The molecule has 0 aliphatic carbocycles. The number of ether oxygens (including phenoxy) is 2. The highest BCUT2D eigenvalue weighted by Crippen LogP contribution is 2.26. The van der Waals surface area contributed by atoms with Gasteiger partial charge in [0.1, 0.15) is 18.0 Å². The lowest BCUT2D eigenvalue weighted by molar-refractivity contribution is -0.0663. The van der Waals surface area contributed by atoms with Gasteiger partial charge in [0.05, 0.1) is 0 Å². The van der Waals surface area contributed by atoms with Crippen molar-refractivity contribution in [1.82, 2.24) is 4.90 Å². The predicted molar refractivity (Wildman–Crippen MR) is 90.8 cm³/mol. The van der Waals surface area contributed by atoms with E-state index < -0.39 is 5.60 Å². The maximum atomic E-state index is 10.9. The Labute approximate surface area is 139 Å². The molecule has 0 saturated carbocycles. The third-order valence-electron chi connectivity index (χ3n) is 5.08. The van der Waals surface area contributed by atoms with Gasteiger partial charge in [-0.2, -0.15) is 0 Å². The van der Waals surface area contributed by atoms with E-state index in [-0.39, 0.29) is 0 Å². The smallest absolute Gasteiger partial charge is 0.122 e. The second-order valence-corrected chi connectivity index (χ2v) is 7.17. The van der Waals surface area contributed by atoms with Crippen molar-refractivity contribution >= 4 is 0 Å². The molecule has 23 heavy (non-hydrogen) atoms. The topological polar surface area (TPSA) is 41.9 Å². The first-order valence-corrected chi connectivity index (χ1v) is 8.86. The molecule has 2 aliphatic heterocycles. The molecule has 0 spiro atoms. The molecule has 1 aromatic carbocycles. The Bertz CT molecular complexity index is 501. The lowest BCUT2D eigenvalue weighted by atomic mass is 9.91. The van der Waals surface area contributed by atoms with Gasteiger partial charge in [-0.3, -0.25) is 0 Å². The van der Waals surface area contributed by atoms with Crippen LogP contribution in [0.2, 0.25) is 0 Å². The highest BCUT2D eigenvalue weighted by Gasteiger charge is 2.35. The van der Waals surface area contributed by atoms with E-state index in [1.54, 1.807) is 0 Å². The molecule has 2 heterocycles. The number of likely N-dealkylation sites (tertiary alicyclic amines) is 1. The quantitative estimate of drug-likeness (QED) is 0.906. The summed E-state index contributed by atoms with van der Waals surface area (Å²) in [5, 5.41) is 10.9. The molecule has 2 saturated heterocycles. The Balaban J connectivity index is 1.52. The number of piperidine rings is 1. The minimum atomic E-state index is -0.730. The summed E-state index contributed by atoms with van der Waals surface area (Å²) in [6.45, 7) is 7.08. The molecule has 0 aromatic heterocycles. The Morgan fingerprint density at radius 2 is 2.09 bits per heavy atom. The third kappa shape index (κ3) is 4.69. The number of para-hydroxylation sites is 1. The van der Waals surface area contributed by atoms with Crippen LogP contribution >= 0.6 is 0 Å². The Morgan fingerprint density at radius 1 is 1.30 bits per heavy atom. The fourth-order valence-electron chi connectivity index (χ4n) is 3.70. The van der Waals surface area contributed by atoms with Gasteiger partial charge in [0, 0.05) is 26.3 Å². The van der Waals surface area contributed by atoms with Crippen LogP contribution in [0.4, 0.5) is 0 Å². The number of nitrogens with zero attached hydrogens (tertiary/aromatic N) is 1. The molecule has 4 heteroatoms. The largest absolute Gasteiger partial charge is 0.490 e. The number of aliphatic hydroxyl groups is 1. The monoisotopic (exact) mass is 319 g/mol. The fourth-order valence-corrected chi connectivity index (χ4v) is 3.70. The lowest BCUT2D eigenvalue weighted by Gasteiger charge is -2.40. The Kier molecular flexibility index (Phi) is 5.57. The van der Waals surface area contributed by atoms with Crippen LogP contribution in [0.25, 0.3) is 0 Å². The molecular formula is C19H29NO3. The number of hydrogen-bond donors (Lipinski definition) is 1. The number of hydrogen-bond acceptors (Lipinski definition) is 4. The van der Waals surface area contributed by atoms with Gasteiger partial charge in [-0.1, -0.05) is 18.2 Å². The summed E-state index contributed by atoms with van der Waals surface area (Å²) in [5.74, 6) is 1.59. The first-order valence-electron chi connectivity index (χ1n) is 8.86. The van der Waals surface area contributed by atoms with E-state index in [4.69, 9.17) is 9.47 Å². The molecule has 1 N–H and O–H groups in total. The van der Waals surface area contributed by atoms with E-state index in [1.165, 1.54) is 0 Å². The zero-order valence-corrected chi connectivity index (χ0v) is 14.2. The van der Waals surface area contributed by atoms with Gasteiger partial charge in [0.2, 0.25) is 0 Å². The van der Waals surface area contributed by atoms with Crippen molar-refractivity contribution in [3.63, 3.8) is 0 Å². The summed E-state index contributed by atoms with van der Waals surface area (Å²) in [7, 11) is 0. The number of rotatable bonds is 5. The summed E-state index contributed by atoms with van der Waals surface area (Å²) in [4.78, 5) is 2.42. The van der Waals surface area contributed by atoms with Crippen LogP contribution in [0.5, 0.6) is 5.75 Å². The minimum absolute atomic E-state index is 0.377. The highest BCUT2D eigenvalue weighted by atomic mass is 16.5. The lowest BCUT2D eigenvalue weighted by Crippen LogP contribution is -2.52. The van der Waals surface area contributed by atoms with Crippen molar-refractivity contribution in [2.24, 2.45) is 5.92 Å². The van der Waals surface area contributed by atoms with E-state index in [0.29, 0.717) is 12.5 Å². The van der Waals surface area contributed by atoms with Crippen LogP contribution in [0.15, 0.2) is 24.3 Å². The molecule has 0 radical (unpaired) electrons. The van der Waals surface area contributed by atoms with Crippen LogP contribution in [0.3, 0.4) is 0 Å². The van der Waals surface area contributed by atoms with Crippen LogP contribution in [0, 0.1) is 12.8 Å². The van der Waals surface area contributed by atoms with Crippen molar-refractivity contribution in [2.45, 2.75) is 38.2 Å². The van der Waals surface area contributed by atoms with Gasteiger partial charge in [-0.25, -0.2) is 0 Å². The van der Waals surface area contributed by atoms with Gasteiger partial charge in [-0.15, -0.1) is 0 Å². The Hall–Kier alpha value is -1.10. The van der Waals surface area contributed by atoms with Gasteiger partial charge < -0.3 is 19.5 Å². The van der Waals surface area contributed by atoms with Crippen molar-refractivity contribution in [1.29, 1.82) is 0 Å². The molecule has 0 bridgehead atoms. The number of aryl methyl sites for hydroxylation is 1. The SMILES string of the molecule is Cc1ccccc1OC[C@]1(O)CCCN(CC2CCOCC2)C1. The number of benzene rings is 1. The number of β-amino-alcohol motifs (C(OH)–C–C–N with tert-alkyl or cyclic N) is 1. The standard InChI is InChI=1S/C19H29NO3/c1-16-5-2-3-6-18(16)23-15-19(21)9-4-10-20(14-19)13-17-7-11-22-12-8-17/h2-3,5-6,17,21H,4,7-15H2,1H3/t19-/m0/s1. The zero-order valence-electron chi connectivity index (χ0n) is 14.2. The molecule has 1 atom stereocenters. The first kappa shape index (κ1) is 16.7. The summed E-state index contributed by atoms with van der Waals surface area (Å²) >= 11 is 0. The van der Waals surface area contributed by atoms with Crippen LogP contribution in [-0.2, 0) is 4.74 Å². The fraction of sp³-hybridized carbons (Fsp3) is 0.684. The van der Waals surface area contributed by atoms with Crippen molar-refractivity contribution < 1.29 is 14.6 Å². The van der Waals surface area contributed by atoms with Crippen molar-refractivity contribution in [3.05, 3.63) is 29.8 Å². The normalized spacial score (nSPS) is 27.0. The van der Waals surface area contributed by atoms with E-state index in [0.717, 1.165) is 69.8 Å². The second-order valence-electron chi connectivity index (χ2n) is 7.17. The molecule has 0 unspecified atom stereocenters. The summed E-state index contributed by atoms with van der Waals surface area (Å²) < 4.78 is 11.4. The maximum absolute atomic E-state index is 10.9. The molecule has 128 valence electrons. The average molecular weight is 319 g/mol. The zero-order chi connectivity index (χ0) is 16.1. The molecule has 0 amide bonds. The van der Waals surface area contributed by atoms with E-state index in [1.807, 2.05) is 31.2 Å². The highest BCUT2D eigenvalue weighted by molar-refractivity contribution is 5.31. The van der Waals surface area contributed by atoms with Crippen LogP contribution < -0.4 is 4.74 Å². The predicted octanol–water partition coefficient (Wildman–Crippen LogP) is 2.63. The van der Waals surface area contributed by atoms with Crippen LogP contribution in [-0.4, -0.2) is 55.1 Å². The first-order chi connectivity index (χ1) is 11.1. The van der Waals surface area contributed by atoms with Gasteiger partial charge in [-0.05, 0) is 56.7 Å². The maximum Gasteiger partial charge on any atom is 0.122 e. The molecule has 2 fully saturated rings. The summed E-state index contributed by atoms with van der Waals surface area (Å²) in [6, 6.07) is 8.00. The summed E-state index contributed by atoms with van der Waals surface area (Å²) in [6.07, 6.45) is 4.16. The molecule has 3 rings (SSSR count). The van der Waals surface area contributed by atoms with E-state index in [2.05, 4.69) is 4.90 Å². The summed E-state index contributed by atoms with van der Waals surface area (Å²) in [5.41, 5.74) is 0.386. The molecule has 4 nitrogen and oxygen atoms in total. The molecule has 1 aromatic rings. The van der Waals surface area contributed by atoms with Gasteiger partial charge >= 0.3 is 0 Å². The van der Waals surface area contributed by atoms with Gasteiger partial charge in [0.15, 0.2) is 0 Å². The van der Waals surface area contributed by atoms with E-state index >= 15 is 0 Å². The Morgan fingerprint density at radius 3 is 2.87 bits per heavy atom. The third-order valence-corrected chi connectivity index (χ3v) is 5.08. The van der Waals surface area contributed by atoms with Gasteiger partial charge in [0.25, 0.3) is 0 Å². The van der Waals surface area contributed by atoms with Crippen molar-refractivity contribution in [3.8, 4) is 5.75 Å². The molecular weight excluding hydrogens is 290 g/mol. The minimum Gasteiger partial charge on any atom is -0.490 e. The van der Waals surface area contributed by atoms with Crippen molar-refractivity contribution in [2.75, 3.05) is 39.5 Å². The van der Waals surface area contributed by atoms with Crippen LogP contribution in [0.1, 0.15) is 31.2 Å². The average Bonchev–Trinajstić information content (AvgIpc) is 2.55. The second kappa shape index (κ2) is 7.65.